The Hall–Kier alpha value is -2.21. The number of hydrogen-bond donors (Lipinski definition) is 2. The van der Waals surface area contributed by atoms with Gasteiger partial charge in [0.25, 0.3) is 10.0 Å². The lowest BCUT2D eigenvalue weighted by atomic mass is 10.1. The van der Waals surface area contributed by atoms with Crippen LogP contribution in [0.5, 0.6) is 0 Å². The molecular weight excluding hydrogens is 334 g/mol. The zero-order valence-corrected chi connectivity index (χ0v) is 13.7. The Kier molecular flexibility index (Phi) is 5.87. The third kappa shape index (κ3) is 4.89. The third-order valence-corrected chi connectivity index (χ3v) is 5.87. The van der Waals surface area contributed by atoms with Gasteiger partial charge < -0.3 is 5.32 Å². The fraction of sp³-hybridized carbons (Fsp3) is 0.200. The Morgan fingerprint density at radius 2 is 1.96 bits per heavy atom. The summed E-state index contributed by atoms with van der Waals surface area (Å²) in [6, 6.07) is 13.0. The van der Waals surface area contributed by atoms with Gasteiger partial charge in [0.2, 0.25) is 5.91 Å². The van der Waals surface area contributed by atoms with Gasteiger partial charge in [-0.25, -0.2) is 8.42 Å². The highest BCUT2D eigenvalue weighted by atomic mass is 32.2. The lowest BCUT2D eigenvalue weighted by molar-refractivity contribution is -0.122. The summed E-state index contributed by atoms with van der Waals surface area (Å²) in [7, 11) is -3.78. The molecule has 2 N–H and O–H groups in total. The zero-order valence-electron chi connectivity index (χ0n) is 12.1. The van der Waals surface area contributed by atoms with Crippen LogP contribution in [0.1, 0.15) is 5.56 Å². The van der Waals surface area contributed by atoms with E-state index < -0.39 is 22.0 Å². The lowest BCUT2D eigenvalue weighted by Gasteiger charge is -2.17. The van der Waals surface area contributed by atoms with E-state index in [2.05, 4.69) is 10.0 Å². The maximum Gasteiger partial charge on any atom is 0.250 e. The molecule has 0 spiro atoms. The van der Waals surface area contributed by atoms with Crippen molar-refractivity contribution < 1.29 is 13.2 Å². The van der Waals surface area contributed by atoms with Crippen molar-refractivity contribution in [3.05, 3.63) is 53.4 Å². The van der Waals surface area contributed by atoms with Gasteiger partial charge in [0.05, 0.1) is 6.07 Å². The van der Waals surface area contributed by atoms with E-state index in [0.717, 1.165) is 16.9 Å². The van der Waals surface area contributed by atoms with Crippen molar-refractivity contribution >= 4 is 27.3 Å². The predicted octanol–water partition coefficient (Wildman–Crippen LogP) is 1.28. The number of sulfonamides is 1. The van der Waals surface area contributed by atoms with Crippen LogP contribution in [0.2, 0.25) is 0 Å². The van der Waals surface area contributed by atoms with E-state index in [0.29, 0.717) is 0 Å². The Morgan fingerprint density at radius 1 is 1.22 bits per heavy atom. The van der Waals surface area contributed by atoms with E-state index in [9.17, 15) is 13.2 Å². The highest BCUT2D eigenvalue weighted by molar-refractivity contribution is 7.91. The van der Waals surface area contributed by atoms with Crippen molar-refractivity contribution in [2.24, 2.45) is 0 Å². The minimum absolute atomic E-state index is 0.142. The van der Waals surface area contributed by atoms with Crippen LogP contribution in [-0.4, -0.2) is 26.9 Å². The van der Waals surface area contributed by atoms with Gasteiger partial charge in [-0.1, -0.05) is 36.4 Å². The summed E-state index contributed by atoms with van der Waals surface area (Å²) in [6.07, 6.45) is 0.197. The Bertz CT molecular complexity index is 781. The number of thiophene rings is 1. The molecule has 0 bridgehead atoms. The summed E-state index contributed by atoms with van der Waals surface area (Å²) >= 11 is 1.07. The number of rotatable bonds is 7. The first-order valence-electron chi connectivity index (χ1n) is 6.77. The van der Waals surface area contributed by atoms with Gasteiger partial charge in [-0.2, -0.15) is 9.98 Å². The van der Waals surface area contributed by atoms with Crippen molar-refractivity contribution in [1.82, 2.24) is 10.0 Å². The van der Waals surface area contributed by atoms with E-state index >= 15 is 0 Å². The standard InChI is InChI=1S/C15H15N3O3S2/c16-8-9-17-15(19)13(11-12-5-2-1-3-6-12)18-23(20,21)14-7-4-10-22-14/h1-7,10,13,18H,9,11H2,(H,17,19). The van der Waals surface area contributed by atoms with Crippen LogP contribution in [0.4, 0.5) is 0 Å². The number of amides is 1. The minimum atomic E-state index is -3.78. The van der Waals surface area contributed by atoms with Gasteiger partial charge in [0.15, 0.2) is 0 Å². The van der Waals surface area contributed by atoms with Gasteiger partial charge in [0, 0.05) is 0 Å². The molecule has 1 atom stereocenters. The zero-order chi connectivity index (χ0) is 16.7. The Morgan fingerprint density at radius 3 is 2.57 bits per heavy atom. The maximum absolute atomic E-state index is 12.3. The van der Waals surface area contributed by atoms with E-state index in [1.54, 1.807) is 17.5 Å². The summed E-state index contributed by atoms with van der Waals surface area (Å²) < 4.78 is 27.2. The van der Waals surface area contributed by atoms with Crippen molar-refractivity contribution in [2.75, 3.05) is 6.54 Å². The molecule has 6 nitrogen and oxygen atoms in total. The molecule has 1 amide bonds. The highest BCUT2D eigenvalue weighted by Crippen LogP contribution is 2.16. The van der Waals surface area contributed by atoms with Crippen molar-refractivity contribution in [2.45, 2.75) is 16.7 Å². The molecule has 1 unspecified atom stereocenters. The number of carbonyl (C=O) groups excluding carboxylic acids is 1. The Labute approximate surface area is 138 Å². The van der Waals surface area contributed by atoms with Crippen molar-refractivity contribution in [3.8, 4) is 6.07 Å². The SMILES string of the molecule is N#CCNC(=O)C(Cc1ccccc1)NS(=O)(=O)c1cccs1. The number of benzene rings is 1. The third-order valence-electron chi connectivity index (χ3n) is 3.00. The molecule has 0 saturated heterocycles. The molecule has 0 fully saturated rings. The first-order valence-corrected chi connectivity index (χ1v) is 9.13. The molecule has 1 heterocycles. The topological polar surface area (TPSA) is 99.1 Å². The second-order valence-electron chi connectivity index (χ2n) is 4.67. The van der Waals surface area contributed by atoms with Crippen LogP contribution in [0, 0.1) is 11.3 Å². The molecule has 0 radical (unpaired) electrons. The number of nitrogens with one attached hydrogen (secondary N) is 2. The largest absolute Gasteiger partial charge is 0.342 e. The smallest absolute Gasteiger partial charge is 0.250 e. The van der Waals surface area contributed by atoms with E-state index in [-0.39, 0.29) is 17.2 Å². The normalized spacial score (nSPS) is 12.3. The molecule has 120 valence electrons. The summed E-state index contributed by atoms with van der Waals surface area (Å²) in [5.41, 5.74) is 0.818. The van der Waals surface area contributed by atoms with Gasteiger partial charge in [0.1, 0.15) is 16.8 Å². The second kappa shape index (κ2) is 7.87. The lowest BCUT2D eigenvalue weighted by Crippen LogP contribution is -2.47. The average Bonchev–Trinajstić information content (AvgIpc) is 3.08. The molecule has 8 heteroatoms. The summed E-state index contributed by atoms with van der Waals surface area (Å²) in [5.74, 6) is -0.532. The number of nitrogens with zero attached hydrogens (tertiary/aromatic N) is 1. The molecule has 0 aliphatic rings. The molecule has 0 saturated carbocycles. The second-order valence-corrected chi connectivity index (χ2v) is 7.56. The molecule has 1 aromatic carbocycles. The molecule has 2 rings (SSSR count). The first-order chi connectivity index (χ1) is 11.0. The maximum atomic E-state index is 12.3. The molecule has 0 aliphatic heterocycles. The predicted molar refractivity (Wildman–Crippen MR) is 87.2 cm³/mol. The van der Waals surface area contributed by atoms with Gasteiger partial charge >= 0.3 is 0 Å². The van der Waals surface area contributed by atoms with Gasteiger partial charge in [-0.05, 0) is 23.4 Å². The molecule has 1 aromatic heterocycles. The first kappa shape index (κ1) is 17.1. The fourth-order valence-corrected chi connectivity index (χ4v) is 4.15. The molecule has 0 aliphatic carbocycles. The quantitative estimate of drug-likeness (QED) is 0.736. The fourth-order valence-electron chi connectivity index (χ4n) is 1.95. The summed E-state index contributed by atoms with van der Waals surface area (Å²) in [6.45, 7) is -0.176. The van der Waals surface area contributed by atoms with Crippen LogP contribution < -0.4 is 10.0 Å². The summed E-state index contributed by atoms with van der Waals surface area (Å²) in [4.78, 5) is 12.2. The van der Waals surface area contributed by atoms with Crippen LogP contribution in [0.3, 0.4) is 0 Å². The summed E-state index contributed by atoms with van der Waals surface area (Å²) in [5, 5.41) is 12.6. The number of hydrogen-bond acceptors (Lipinski definition) is 5. The van der Waals surface area contributed by atoms with Crippen molar-refractivity contribution in [3.63, 3.8) is 0 Å². The number of nitriles is 1. The number of carbonyl (C=O) groups is 1. The van der Waals surface area contributed by atoms with Crippen LogP contribution in [0.15, 0.2) is 52.1 Å². The van der Waals surface area contributed by atoms with Gasteiger partial charge in [-0.3, -0.25) is 4.79 Å². The van der Waals surface area contributed by atoms with E-state index in [4.69, 9.17) is 5.26 Å². The van der Waals surface area contributed by atoms with E-state index in [1.165, 1.54) is 6.07 Å². The minimum Gasteiger partial charge on any atom is -0.342 e. The highest BCUT2D eigenvalue weighted by Gasteiger charge is 2.26. The van der Waals surface area contributed by atoms with Gasteiger partial charge in [-0.15, -0.1) is 11.3 Å². The van der Waals surface area contributed by atoms with Crippen LogP contribution >= 0.6 is 11.3 Å². The average molecular weight is 349 g/mol. The Balaban J connectivity index is 2.19. The van der Waals surface area contributed by atoms with Crippen LogP contribution in [0.25, 0.3) is 0 Å². The van der Waals surface area contributed by atoms with Crippen LogP contribution in [-0.2, 0) is 21.2 Å². The van der Waals surface area contributed by atoms with E-state index in [1.807, 2.05) is 30.3 Å². The van der Waals surface area contributed by atoms with Crippen molar-refractivity contribution in [1.29, 1.82) is 5.26 Å². The monoisotopic (exact) mass is 349 g/mol. The molecule has 2 aromatic rings. The molecular formula is C15H15N3O3S2. The molecule has 23 heavy (non-hydrogen) atoms.